The molecule has 0 saturated carbocycles. The number of carbonyl (C=O) groups is 1. The summed E-state index contributed by atoms with van der Waals surface area (Å²) < 4.78 is 32.2. The zero-order valence-electron chi connectivity index (χ0n) is 27.6. The summed E-state index contributed by atoms with van der Waals surface area (Å²) in [6.45, 7) is 4.26. The van der Waals surface area contributed by atoms with Crippen molar-refractivity contribution in [2.24, 2.45) is 0 Å². The second kappa shape index (κ2) is 30.3. The maximum absolute atomic E-state index is 12.4. The van der Waals surface area contributed by atoms with Crippen LogP contribution in [0.4, 0.5) is 0 Å². The maximum atomic E-state index is 12.4. The zero-order valence-corrected chi connectivity index (χ0v) is 28.4. The molecule has 43 heavy (non-hydrogen) atoms. The first-order valence-corrected chi connectivity index (χ1v) is 18.9. The average Bonchev–Trinajstić information content (AvgIpc) is 2.96. The quantitative estimate of drug-likeness (QED) is 0.0420. The maximum Gasteiger partial charge on any atom is 0.267 e. The molecule has 0 bridgehead atoms. The van der Waals surface area contributed by atoms with Gasteiger partial charge in [0.15, 0.2) is 0 Å². The monoisotopic (exact) mass is 623 g/mol. The molecule has 0 aromatic rings. The minimum Gasteiger partial charge on any atom is -0.387 e. The van der Waals surface area contributed by atoms with E-state index in [1.165, 1.54) is 96.0 Å². The number of unbranched alkanes of at least 4 members (excludes halogenated alkanes) is 17. The van der Waals surface area contributed by atoms with E-state index in [2.05, 4.69) is 42.6 Å². The fourth-order valence-corrected chi connectivity index (χ4v) is 5.69. The zero-order chi connectivity index (χ0) is 31.9. The molecular formula is C36H65NO5S. The number of hydrogen-bond acceptors (Lipinski definition) is 4. The first kappa shape index (κ1) is 41.3. The number of aliphatic hydroxyl groups is 1. The van der Waals surface area contributed by atoms with Gasteiger partial charge in [-0.25, -0.2) is 0 Å². The summed E-state index contributed by atoms with van der Waals surface area (Å²) in [5, 5.41) is 13.1. The summed E-state index contributed by atoms with van der Waals surface area (Å²) in [6, 6.07) is -1.08. The van der Waals surface area contributed by atoms with E-state index < -0.39 is 28.0 Å². The second-order valence-electron chi connectivity index (χ2n) is 11.8. The van der Waals surface area contributed by atoms with E-state index in [4.69, 9.17) is 0 Å². The molecule has 3 N–H and O–H groups in total. The van der Waals surface area contributed by atoms with Crippen LogP contribution in [0.2, 0.25) is 0 Å². The highest BCUT2D eigenvalue weighted by molar-refractivity contribution is 7.85. The standard InChI is InChI=1S/C36H65NO5S/c1-3-5-7-9-11-13-14-15-16-17-18-19-20-21-22-24-26-28-30-32-36(39)37-34(33-43(40,41)42)35(38)31-29-27-25-23-12-10-8-6-4-2/h4,6,12,15-16,23,29,31,34-35,38H,3,5,7-11,13-14,17-22,24-28,30,32-33H2,1-2H3,(H,37,39)(H,40,41,42)/b6-4+,16-15-,23-12+,31-29+. The number of nitrogens with one attached hydrogen (secondary N) is 1. The predicted octanol–water partition coefficient (Wildman–Crippen LogP) is 9.57. The van der Waals surface area contributed by atoms with Crippen LogP contribution in [-0.4, -0.2) is 41.9 Å². The Hall–Kier alpha value is -1.70. The van der Waals surface area contributed by atoms with E-state index in [1.54, 1.807) is 6.08 Å². The smallest absolute Gasteiger partial charge is 0.267 e. The van der Waals surface area contributed by atoms with E-state index in [0.717, 1.165) is 38.5 Å². The van der Waals surface area contributed by atoms with Crippen molar-refractivity contribution in [2.45, 2.75) is 167 Å². The van der Waals surface area contributed by atoms with Crippen LogP contribution in [0.15, 0.2) is 48.6 Å². The van der Waals surface area contributed by atoms with Gasteiger partial charge in [-0.05, 0) is 64.7 Å². The van der Waals surface area contributed by atoms with E-state index in [-0.39, 0.29) is 12.3 Å². The molecule has 0 rings (SSSR count). The van der Waals surface area contributed by atoms with E-state index in [9.17, 15) is 22.9 Å². The van der Waals surface area contributed by atoms with Gasteiger partial charge in [-0.2, -0.15) is 8.42 Å². The molecule has 2 unspecified atom stereocenters. The van der Waals surface area contributed by atoms with Gasteiger partial charge >= 0.3 is 0 Å². The van der Waals surface area contributed by atoms with Gasteiger partial charge in [0.25, 0.3) is 10.1 Å². The van der Waals surface area contributed by atoms with Crippen molar-refractivity contribution in [3.8, 4) is 0 Å². The van der Waals surface area contributed by atoms with Gasteiger partial charge in [0.2, 0.25) is 5.91 Å². The van der Waals surface area contributed by atoms with Gasteiger partial charge in [0, 0.05) is 6.42 Å². The van der Waals surface area contributed by atoms with Crippen LogP contribution in [0.25, 0.3) is 0 Å². The highest BCUT2D eigenvalue weighted by Crippen LogP contribution is 2.13. The molecule has 0 aliphatic carbocycles. The van der Waals surface area contributed by atoms with Crippen LogP contribution in [0, 0.1) is 0 Å². The number of allylic oxidation sites excluding steroid dienone is 7. The first-order valence-electron chi connectivity index (χ1n) is 17.3. The fraction of sp³-hybridized carbons (Fsp3) is 0.750. The molecule has 7 heteroatoms. The summed E-state index contributed by atoms with van der Waals surface area (Å²) in [5.41, 5.74) is 0. The molecule has 0 aliphatic heterocycles. The van der Waals surface area contributed by atoms with Crippen LogP contribution in [0.3, 0.4) is 0 Å². The van der Waals surface area contributed by atoms with Crippen molar-refractivity contribution in [3.63, 3.8) is 0 Å². The summed E-state index contributed by atoms with van der Waals surface area (Å²) >= 11 is 0. The molecule has 0 aromatic heterocycles. The van der Waals surface area contributed by atoms with Gasteiger partial charge in [-0.3, -0.25) is 9.35 Å². The molecule has 2 atom stereocenters. The van der Waals surface area contributed by atoms with Crippen molar-refractivity contribution in [1.29, 1.82) is 0 Å². The Labute approximate surface area is 265 Å². The molecule has 250 valence electrons. The van der Waals surface area contributed by atoms with E-state index in [0.29, 0.717) is 6.42 Å². The van der Waals surface area contributed by atoms with Gasteiger partial charge in [0.1, 0.15) is 0 Å². The summed E-state index contributed by atoms with van der Waals surface area (Å²) in [7, 11) is -4.35. The lowest BCUT2D eigenvalue weighted by molar-refractivity contribution is -0.122. The highest BCUT2D eigenvalue weighted by Gasteiger charge is 2.24. The topological polar surface area (TPSA) is 104 Å². The van der Waals surface area contributed by atoms with Crippen LogP contribution >= 0.6 is 0 Å². The molecular weight excluding hydrogens is 558 g/mol. The Morgan fingerprint density at radius 1 is 0.651 bits per heavy atom. The Morgan fingerprint density at radius 3 is 1.60 bits per heavy atom. The van der Waals surface area contributed by atoms with Crippen molar-refractivity contribution >= 4 is 16.0 Å². The second-order valence-corrected chi connectivity index (χ2v) is 13.3. The summed E-state index contributed by atoms with van der Waals surface area (Å²) in [5.74, 6) is -1.02. The Balaban J connectivity index is 3.94. The van der Waals surface area contributed by atoms with Crippen molar-refractivity contribution in [1.82, 2.24) is 5.32 Å². The fourth-order valence-electron chi connectivity index (χ4n) is 4.95. The molecule has 0 spiro atoms. The molecule has 0 aliphatic rings. The number of carbonyl (C=O) groups excluding carboxylic acids is 1. The number of aliphatic hydroxyl groups excluding tert-OH is 1. The van der Waals surface area contributed by atoms with Crippen molar-refractivity contribution in [2.75, 3.05) is 5.75 Å². The number of rotatable bonds is 30. The van der Waals surface area contributed by atoms with Crippen LogP contribution < -0.4 is 5.32 Å². The number of amides is 1. The van der Waals surface area contributed by atoms with Gasteiger partial charge < -0.3 is 10.4 Å². The molecule has 0 fully saturated rings. The summed E-state index contributed by atoms with van der Waals surface area (Å²) in [6.07, 6.45) is 39.8. The molecule has 0 saturated heterocycles. The third-order valence-corrected chi connectivity index (χ3v) is 8.33. The van der Waals surface area contributed by atoms with Crippen LogP contribution in [0.5, 0.6) is 0 Å². The molecule has 0 aromatic carbocycles. The predicted molar refractivity (Wildman–Crippen MR) is 184 cm³/mol. The lowest BCUT2D eigenvalue weighted by atomic mass is 10.0. The Kier molecular flexibility index (Phi) is 29.1. The lowest BCUT2D eigenvalue weighted by Crippen LogP contribution is -2.46. The van der Waals surface area contributed by atoms with Gasteiger partial charge in [-0.1, -0.05) is 133 Å². The third-order valence-electron chi connectivity index (χ3n) is 7.55. The van der Waals surface area contributed by atoms with Crippen molar-refractivity contribution < 1.29 is 22.9 Å². The molecule has 0 radical (unpaired) electrons. The molecule has 6 nitrogen and oxygen atoms in total. The van der Waals surface area contributed by atoms with Gasteiger partial charge in [-0.15, -0.1) is 0 Å². The third kappa shape index (κ3) is 31.5. The summed E-state index contributed by atoms with van der Waals surface area (Å²) in [4.78, 5) is 12.4. The Bertz CT molecular complexity index is 863. The van der Waals surface area contributed by atoms with Crippen molar-refractivity contribution in [3.05, 3.63) is 48.6 Å². The minimum atomic E-state index is -4.35. The largest absolute Gasteiger partial charge is 0.387 e. The highest BCUT2D eigenvalue weighted by atomic mass is 32.2. The van der Waals surface area contributed by atoms with Gasteiger partial charge in [0.05, 0.1) is 17.9 Å². The molecule has 0 heterocycles. The van der Waals surface area contributed by atoms with Crippen LogP contribution in [-0.2, 0) is 14.9 Å². The number of hydrogen-bond donors (Lipinski definition) is 3. The van der Waals surface area contributed by atoms with E-state index in [1.807, 2.05) is 13.0 Å². The Morgan fingerprint density at radius 2 is 1.09 bits per heavy atom. The van der Waals surface area contributed by atoms with E-state index >= 15 is 0 Å². The SMILES string of the molecule is C/C=C/CC/C=C/CC/C=C/C(O)C(CS(=O)(=O)O)NC(=O)CCCCCCCCCCC/C=C\CCCCCCCC. The normalized spacial score (nSPS) is 14.0. The lowest BCUT2D eigenvalue weighted by Gasteiger charge is -2.21. The van der Waals surface area contributed by atoms with Crippen LogP contribution in [0.1, 0.15) is 155 Å². The molecule has 1 amide bonds. The minimum absolute atomic E-state index is 0.281. The average molecular weight is 624 g/mol. The first-order chi connectivity index (χ1) is 20.8.